The van der Waals surface area contributed by atoms with Crippen LogP contribution in [-0.2, 0) is 23.7 Å². The molecular formula is C39H64O13. The van der Waals surface area contributed by atoms with Crippen LogP contribution in [0.2, 0.25) is 0 Å². The van der Waals surface area contributed by atoms with E-state index < -0.39 is 92.2 Å². The van der Waals surface area contributed by atoms with Gasteiger partial charge in [-0.2, -0.15) is 0 Å². The van der Waals surface area contributed by atoms with Gasteiger partial charge in [-0.3, -0.25) is 4.79 Å². The summed E-state index contributed by atoms with van der Waals surface area (Å²) in [5.41, 5.74) is 0.550. The molecule has 2 heterocycles. The van der Waals surface area contributed by atoms with Gasteiger partial charge in [0.15, 0.2) is 18.4 Å². The van der Waals surface area contributed by atoms with Crippen molar-refractivity contribution in [2.24, 2.45) is 46.3 Å². The fourth-order valence-corrected chi connectivity index (χ4v) is 11.5. The normalized spacial score (nSPS) is 50.0. The molecule has 298 valence electrons. The Balaban J connectivity index is 1.28. The molecule has 4 aliphatic carbocycles. The number of fused-ring (bicyclic) bond motifs is 5. The minimum Gasteiger partial charge on any atom is -0.394 e. The van der Waals surface area contributed by atoms with Gasteiger partial charge in [-0.1, -0.05) is 59.5 Å². The Morgan fingerprint density at radius 3 is 2.12 bits per heavy atom. The molecule has 13 nitrogen and oxygen atoms in total. The van der Waals surface area contributed by atoms with Crippen LogP contribution in [0.1, 0.15) is 92.4 Å². The molecule has 0 radical (unpaired) electrons. The predicted octanol–water partition coefficient (Wildman–Crippen LogP) is 1.19. The average molecular weight is 741 g/mol. The monoisotopic (exact) mass is 740 g/mol. The van der Waals surface area contributed by atoms with Gasteiger partial charge in [0.25, 0.3) is 0 Å². The first-order valence-electron chi connectivity index (χ1n) is 19.7. The summed E-state index contributed by atoms with van der Waals surface area (Å²) in [5.74, 6) is 1.38. The Kier molecular flexibility index (Phi) is 12.3. The van der Waals surface area contributed by atoms with Crippen LogP contribution in [0.3, 0.4) is 0 Å². The van der Waals surface area contributed by atoms with Crippen molar-refractivity contribution in [2.75, 3.05) is 13.2 Å². The number of hydrogen-bond donors (Lipinski definition) is 8. The third kappa shape index (κ3) is 7.09. The highest BCUT2D eigenvalue weighted by molar-refractivity contribution is 5.91. The van der Waals surface area contributed by atoms with Crippen LogP contribution in [0.25, 0.3) is 0 Å². The fraction of sp³-hybridized carbons (Fsp3) is 0.923. The maximum Gasteiger partial charge on any atom is 0.187 e. The average Bonchev–Trinajstić information content (AvgIpc) is 3.41. The molecule has 5 fully saturated rings. The maximum atomic E-state index is 12.4. The van der Waals surface area contributed by atoms with Gasteiger partial charge in [-0.05, 0) is 79.1 Å². The highest BCUT2D eigenvalue weighted by Crippen LogP contribution is 2.68. The SMILES string of the molecule is CC(C)CCC[C@@H](C)[C@H]1[C@@H](O[C@@H]2O[C@H](CO)[C@@H](O)[C@H](O[C@@H]3O[C@H](CO)[C@@H](O)[C@H](O)[C@H]3O)[C@H]2O)C[C@H]2[C@@H]3CCC4=CC(=O)CC[C@]4(C)[C@H]3C[C@H](O)[C@]12C. The molecule has 2 saturated heterocycles. The summed E-state index contributed by atoms with van der Waals surface area (Å²) in [7, 11) is 0. The molecule has 0 aromatic heterocycles. The number of carbonyl (C=O) groups excluding carboxylic acids is 1. The summed E-state index contributed by atoms with van der Waals surface area (Å²) >= 11 is 0. The molecule has 8 N–H and O–H groups in total. The molecule has 13 heteroatoms. The van der Waals surface area contributed by atoms with Gasteiger partial charge < -0.3 is 59.8 Å². The van der Waals surface area contributed by atoms with Gasteiger partial charge in [0.05, 0.1) is 25.4 Å². The number of allylic oxidation sites excluding steroid dienone is 1. The summed E-state index contributed by atoms with van der Waals surface area (Å²) < 4.78 is 24.2. The van der Waals surface area contributed by atoms with Crippen LogP contribution in [0, 0.1) is 46.3 Å². The van der Waals surface area contributed by atoms with E-state index in [0.29, 0.717) is 31.1 Å². The Morgan fingerprint density at radius 2 is 1.46 bits per heavy atom. The van der Waals surface area contributed by atoms with Gasteiger partial charge in [-0.15, -0.1) is 0 Å². The minimum atomic E-state index is -1.77. The number of rotatable bonds is 11. The Labute approximate surface area is 307 Å². The Hall–Kier alpha value is -1.07. The smallest absolute Gasteiger partial charge is 0.187 e. The molecule has 6 rings (SSSR count). The van der Waals surface area contributed by atoms with E-state index in [9.17, 15) is 45.6 Å². The second-order valence-corrected chi connectivity index (χ2v) is 17.8. The molecule has 19 atom stereocenters. The van der Waals surface area contributed by atoms with Crippen LogP contribution in [0.4, 0.5) is 0 Å². The zero-order valence-corrected chi connectivity index (χ0v) is 31.4. The van der Waals surface area contributed by atoms with Crippen molar-refractivity contribution in [3.63, 3.8) is 0 Å². The fourth-order valence-electron chi connectivity index (χ4n) is 11.5. The lowest BCUT2D eigenvalue weighted by Crippen LogP contribution is -2.65. The van der Waals surface area contributed by atoms with Crippen molar-refractivity contribution < 1.29 is 64.6 Å². The van der Waals surface area contributed by atoms with E-state index in [1.54, 1.807) is 0 Å². The van der Waals surface area contributed by atoms with Crippen molar-refractivity contribution in [3.8, 4) is 0 Å². The van der Waals surface area contributed by atoms with Crippen molar-refractivity contribution in [1.29, 1.82) is 0 Å². The van der Waals surface area contributed by atoms with Crippen molar-refractivity contribution >= 4 is 5.78 Å². The van der Waals surface area contributed by atoms with E-state index in [4.69, 9.17) is 18.9 Å². The third-order valence-corrected chi connectivity index (χ3v) is 14.5. The van der Waals surface area contributed by atoms with Gasteiger partial charge in [0.1, 0.15) is 48.8 Å². The lowest BCUT2D eigenvalue weighted by Gasteiger charge is -2.60. The molecule has 0 aromatic rings. The molecule has 0 unspecified atom stereocenters. The second kappa shape index (κ2) is 15.8. The predicted molar refractivity (Wildman–Crippen MR) is 186 cm³/mol. The van der Waals surface area contributed by atoms with E-state index in [0.717, 1.165) is 38.5 Å². The molecule has 0 spiro atoms. The first kappa shape index (κ1) is 40.6. The lowest BCUT2D eigenvalue weighted by molar-refractivity contribution is -0.365. The Bertz CT molecular complexity index is 1280. The number of carbonyl (C=O) groups is 1. The van der Waals surface area contributed by atoms with Crippen molar-refractivity contribution in [1.82, 2.24) is 0 Å². The van der Waals surface area contributed by atoms with Crippen LogP contribution in [0.5, 0.6) is 0 Å². The van der Waals surface area contributed by atoms with E-state index in [-0.39, 0.29) is 34.9 Å². The number of aliphatic hydroxyl groups is 8. The largest absolute Gasteiger partial charge is 0.394 e. The van der Waals surface area contributed by atoms with Crippen molar-refractivity contribution in [2.45, 2.75) is 166 Å². The standard InChI is InChI=1S/C39H64O13/c1-18(2)7-6-8-19(3)29-25(14-24-22-10-9-20-13-21(42)11-12-38(20,4)23(22)15-28(43)39(24,29)5)49-37-34(48)35(31(45)27(17-41)51-37)52-36-33(47)32(46)30(44)26(16-40)50-36/h13,18-19,22-37,40-41,43-48H,6-12,14-17H2,1-5H3/t19-,22-,23+,24+,25+,26-,27-,28+,29+,30-,31-,32+,33-,34-,35+,36+,37-,38+,39-/m1/s1. The first-order chi connectivity index (χ1) is 24.6. The molecular weight excluding hydrogens is 676 g/mol. The molecule has 0 aromatic carbocycles. The number of aliphatic hydroxyl groups excluding tert-OH is 8. The summed E-state index contributed by atoms with van der Waals surface area (Å²) in [6.45, 7) is 9.78. The number of ketones is 1. The van der Waals surface area contributed by atoms with Crippen LogP contribution in [-0.4, -0.2) is 133 Å². The first-order valence-corrected chi connectivity index (χ1v) is 19.7. The van der Waals surface area contributed by atoms with Gasteiger partial charge in [0.2, 0.25) is 0 Å². The molecule has 0 amide bonds. The third-order valence-electron chi connectivity index (χ3n) is 14.5. The van der Waals surface area contributed by atoms with Crippen molar-refractivity contribution in [3.05, 3.63) is 11.6 Å². The second-order valence-electron chi connectivity index (χ2n) is 17.8. The summed E-state index contributed by atoms with van der Waals surface area (Å²) in [6, 6.07) is 0. The van der Waals surface area contributed by atoms with E-state index in [1.807, 2.05) is 6.08 Å². The van der Waals surface area contributed by atoms with E-state index in [2.05, 4.69) is 34.6 Å². The minimum absolute atomic E-state index is 0.0981. The van der Waals surface area contributed by atoms with Crippen LogP contribution >= 0.6 is 0 Å². The quantitative estimate of drug-likeness (QED) is 0.150. The van der Waals surface area contributed by atoms with Crippen LogP contribution in [0.15, 0.2) is 11.6 Å². The van der Waals surface area contributed by atoms with E-state index >= 15 is 0 Å². The van der Waals surface area contributed by atoms with Gasteiger partial charge >= 0.3 is 0 Å². The lowest BCUT2D eigenvalue weighted by atomic mass is 9.45. The molecule has 2 aliphatic heterocycles. The van der Waals surface area contributed by atoms with Gasteiger partial charge in [0, 0.05) is 11.8 Å². The molecule has 3 saturated carbocycles. The number of ether oxygens (including phenoxy) is 4. The zero-order chi connectivity index (χ0) is 37.9. The summed E-state index contributed by atoms with van der Waals surface area (Å²) in [4.78, 5) is 12.4. The highest BCUT2D eigenvalue weighted by atomic mass is 16.7. The molecule has 6 aliphatic rings. The molecule has 52 heavy (non-hydrogen) atoms. The molecule has 0 bridgehead atoms. The topological polar surface area (TPSA) is 216 Å². The Morgan fingerprint density at radius 1 is 0.808 bits per heavy atom. The highest BCUT2D eigenvalue weighted by Gasteiger charge is 2.66. The zero-order valence-electron chi connectivity index (χ0n) is 31.4. The van der Waals surface area contributed by atoms with Gasteiger partial charge in [-0.25, -0.2) is 0 Å². The summed E-state index contributed by atoms with van der Waals surface area (Å²) in [6.07, 6.45) is -7.26. The summed E-state index contributed by atoms with van der Waals surface area (Å²) in [5, 5.41) is 86.3. The van der Waals surface area contributed by atoms with E-state index in [1.165, 1.54) is 5.57 Å². The van der Waals surface area contributed by atoms with Crippen LogP contribution < -0.4 is 0 Å². The maximum absolute atomic E-state index is 12.4. The number of hydrogen-bond acceptors (Lipinski definition) is 13.